The van der Waals surface area contributed by atoms with Crippen LogP contribution >= 0.6 is 0 Å². The van der Waals surface area contributed by atoms with Crippen LogP contribution in [0.15, 0.2) is 31.0 Å². The fourth-order valence-corrected chi connectivity index (χ4v) is 1.92. The molecule has 0 atom stereocenters. The van der Waals surface area contributed by atoms with Crippen molar-refractivity contribution < 1.29 is 4.79 Å². The number of nitrogens with zero attached hydrogens (tertiary/aromatic N) is 5. The third kappa shape index (κ3) is 1.77. The molecule has 0 saturated heterocycles. The number of rotatable bonds is 1. The first-order valence-electron chi connectivity index (χ1n) is 5.40. The minimum Gasteiger partial charge on any atom is -0.332 e. The largest absolute Gasteiger partial charge is 0.332 e. The van der Waals surface area contributed by atoms with E-state index in [1.807, 2.05) is 6.20 Å². The molecule has 0 bridgehead atoms. The van der Waals surface area contributed by atoms with E-state index in [2.05, 4.69) is 19.5 Å². The fraction of sp³-hybridized carbons (Fsp3) is 0.273. The van der Waals surface area contributed by atoms with E-state index < -0.39 is 0 Å². The summed E-state index contributed by atoms with van der Waals surface area (Å²) in [5, 5.41) is 0. The number of hydrogen-bond acceptors (Lipinski definition) is 4. The van der Waals surface area contributed by atoms with E-state index in [9.17, 15) is 4.79 Å². The molecule has 0 spiro atoms. The van der Waals surface area contributed by atoms with Gasteiger partial charge in [0.05, 0.1) is 12.7 Å². The zero-order chi connectivity index (χ0) is 11.7. The summed E-state index contributed by atoms with van der Waals surface area (Å²) in [7, 11) is 0. The third-order valence-electron chi connectivity index (χ3n) is 2.81. The van der Waals surface area contributed by atoms with Gasteiger partial charge >= 0.3 is 0 Å². The molecule has 3 rings (SSSR count). The van der Waals surface area contributed by atoms with Crippen LogP contribution in [-0.4, -0.2) is 36.9 Å². The second-order valence-electron chi connectivity index (χ2n) is 3.85. The Kier molecular flexibility index (Phi) is 2.32. The van der Waals surface area contributed by atoms with Crippen LogP contribution in [0.1, 0.15) is 16.3 Å². The number of amides is 1. The highest BCUT2D eigenvalue weighted by atomic mass is 16.2. The summed E-state index contributed by atoms with van der Waals surface area (Å²) in [5.74, 6) is 0.820. The molecule has 86 valence electrons. The monoisotopic (exact) mass is 229 g/mol. The molecule has 6 heteroatoms. The van der Waals surface area contributed by atoms with Crippen LogP contribution in [0.4, 0.5) is 0 Å². The van der Waals surface area contributed by atoms with Crippen molar-refractivity contribution in [3.05, 3.63) is 42.5 Å². The maximum atomic E-state index is 12.1. The molecule has 0 radical (unpaired) electrons. The van der Waals surface area contributed by atoms with Gasteiger partial charge in [-0.15, -0.1) is 0 Å². The average Bonchev–Trinajstić information content (AvgIpc) is 2.86. The average molecular weight is 229 g/mol. The van der Waals surface area contributed by atoms with Gasteiger partial charge in [0, 0.05) is 37.9 Å². The van der Waals surface area contributed by atoms with E-state index in [1.165, 1.54) is 12.4 Å². The number of fused-ring (bicyclic) bond motifs is 1. The quantitative estimate of drug-likeness (QED) is 0.707. The molecule has 0 aromatic carbocycles. The summed E-state index contributed by atoms with van der Waals surface area (Å²) in [5.41, 5.74) is 0.382. The second kappa shape index (κ2) is 3.97. The molecule has 3 heterocycles. The Morgan fingerprint density at radius 1 is 1.18 bits per heavy atom. The first kappa shape index (κ1) is 9.95. The van der Waals surface area contributed by atoms with Crippen molar-refractivity contribution in [1.29, 1.82) is 0 Å². The summed E-state index contributed by atoms with van der Waals surface area (Å²) >= 11 is 0. The Morgan fingerprint density at radius 2 is 2.12 bits per heavy atom. The molecule has 1 aliphatic rings. The first-order valence-corrected chi connectivity index (χ1v) is 5.40. The number of aromatic nitrogens is 4. The van der Waals surface area contributed by atoms with Gasteiger partial charge in [0.2, 0.25) is 0 Å². The van der Waals surface area contributed by atoms with E-state index in [-0.39, 0.29) is 5.91 Å². The molecule has 1 amide bonds. The third-order valence-corrected chi connectivity index (χ3v) is 2.81. The van der Waals surface area contributed by atoms with Crippen LogP contribution in [0, 0.1) is 0 Å². The van der Waals surface area contributed by atoms with Gasteiger partial charge in [0.25, 0.3) is 5.91 Å². The molecule has 0 N–H and O–H groups in total. The van der Waals surface area contributed by atoms with Crippen molar-refractivity contribution in [2.45, 2.75) is 13.1 Å². The van der Waals surface area contributed by atoms with Crippen molar-refractivity contribution in [3.8, 4) is 0 Å². The minimum atomic E-state index is -0.0904. The molecule has 6 nitrogen and oxygen atoms in total. The van der Waals surface area contributed by atoms with Crippen LogP contribution in [0.25, 0.3) is 0 Å². The highest BCUT2D eigenvalue weighted by Crippen LogP contribution is 2.12. The van der Waals surface area contributed by atoms with Crippen molar-refractivity contribution >= 4 is 5.91 Å². The van der Waals surface area contributed by atoms with Crippen LogP contribution in [-0.2, 0) is 13.1 Å². The Morgan fingerprint density at radius 3 is 2.94 bits per heavy atom. The lowest BCUT2D eigenvalue weighted by Gasteiger charge is -2.27. The van der Waals surface area contributed by atoms with E-state index in [1.54, 1.807) is 17.3 Å². The van der Waals surface area contributed by atoms with Gasteiger partial charge in [0.1, 0.15) is 11.5 Å². The molecule has 1 aliphatic heterocycles. The Hall–Kier alpha value is -2.24. The van der Waals surface area contributed by atoms with Gasteiger partial charge in [0.15, 0.2) is 0 Å². The van der Waals surface area contributed by atoms with Gasteiger partial charge in [-0.3, -0.25) is 9.78 Å². The lowest BCUT2D eigenvalue weighted by molar-refractivity contribution is 0.0701. The van der Waals surface area contributed by atoms with Crippen LogP contribution < -0.4 is 0 Å². The number of hydrogen-bond donors (Lipinski definition) is 0. The molecule has 0 unspecified atom stereocenters. The Balaban J connectivity index is 1.81. The topological polar surface area (TPSA) is 63.9 Å². The maximum absolute atomic E-state index is 12.1. The molecular weight excluding hydrogens is 218 g/mol. The molecule has 2 aromatic rings. The van der Waals surface area contributed by atoms with Crippen molar-refractivity contribution in [2.24, 2.45) is 0 Å². The zero-order valence-electron chi connectivity index (χ0n) is 9.15. The summed E-state index contributed by atoms with van der Waals surface area (Å²) in [6.07, 6.45) is 8.26. The number of imidazole rings is 1. The second-order valence-corrected chi connectivity index (χ2v) is 3.85. The maximum Gasteiger partial charge on any atom is 0.274 e. The Bertz CT molecular complexity index is 536. The summed E-state index contributed by atoms with van der Waals surface area (Å²) < 4.78 is 2.06. The standard InChI is InChI=1S/C11H11N5O/c17-11(9-7-12-1-2-13-9)16-6-5-15-4-3-14-10(15)8-16/h1-4,7H,5-6,8H2. The molecule has 17 heavy (non-hydrogen) atoms. The van der Waals surface area contributed by atoms with Gasteiger partial charge < -0.3 is 9.47 Å². The minimum absolute atomic E-state index is 0.0904. The fourth-order valence-electron chi connectivity index (χ4n) is 1.92. The van der Waals surface area contributed by atoms with Gasteiger partial charge in [-0.1, -0.05) is 0 Å². The number of carbonyl (C=O) groups is 1. The molecular formula is C11H11N5O. The van der Waals surface area contributed by atoms with Crippen molar-refractivity contribution in [3.63, 3.8) is 0 Å². The summed E-state index contributed by atoms with van der Waals surface area (Å²) in [4.78, 5) is 26.0. The molecule has 2 aromatic heterocycles. The summed E-state index contributed by atoms with van der Waals surface area (Å²) in [6.45, 7) is 1.99. The molecule has 0 fully saturated rings. The van der Waals surface area contributed by atoms with Crippen molar-refractivity contribution in [2.75, 3.05) is 6.54 Å². The molecule has 0 aliphatic carbocycles. The Labute approximate surface area is 97.9 Å². The highest BCUT2D eigenvalue weighted by molar-refractivity contribution is 5.91. The van der Waals surface area contributed by atoms with Gasteiger partial charge in [-0.2, -0.15) is 0 Å². The van der Waals surface area contributed by atoms with Crippen LogP contribution in [0.5, 0.6) is 0 Å². The predicted molar refractivity (Wildman–Crippen MR) is 59.0 cm³/mol. The normalized spacial score (nSPS) is 14.5. The van der Waals surface area contributed by atoms with E-state index >= 15 is 0 Å². The lowest BCUT2D eigenvalue weighted by Crippen LogP contribution is -2.38. The van der Waals surface area contributed by atoms with E-state index in [4.69, 9.17) is 0 Å². The highest BCUT2D eigenvalue weighted by Gasteiger charge is 2.22. The number of carbonyl (C=O) groups excluding carboxylic acids is 1. The SMILES string of the molecule is O=C(c1cnccn1)N1CCn2ccnc2C1. The lowest BCUT2D eigenvalue weighted by atomic mass is 10.3. The first-order chi connectivity index (χ1) is 8.34. The predicted octanol–water partition coefficient (Wildman–Crippen LogP) is 0.329. The summed E-state index contributed by atoms with van der Waals surface area (Å²) in [6, 6.07) is 0. The van der Waals surface area contributed by atoms with Gasteiger partial charge in [-0.25, -0.2) is 9.97 Å². The van der Waals surface area contributed by atoms with Gasteiger partial charge in [-0.05, 0) is 0 Å². The smallest absolute Gasteiger partial charge is 0.274 e. The van der Waals surface area contributed by atoms with E-state index in [0.29, 0.717) is 18.8 Å². The zero-order valence-corrected chi connectivity index (χ0v) is 9.15. The van der Waals surface area contributed by atoms with Crippen LogP contribution in [0.2, 0.25) is 0 Å². The molecule has 0 saturated carbocycles. The van der Waals surface area contributed by atoms with E-state index in [0.717, 1.165) is 12.4 Å². The van der Waals surface area contributed by atoms with Crippen LogP contribution in [0.3, 0.4) is 0 Å². The van der Waals surface area contributed by atoms with Crippen molar-refractivity contribution in [1.82, 2.24) is 24.4 Å².